The van der Waals surface area contributed by atoms with Gasteiger partial charge < -0.3 is 15.8 Å². The first-order valence-electron chi connectivity index (χ1n) is 6.54. The minimum absolute atomic E-state index is 0.0697. The van der Waals surface area contributed by atoms with E-state index in [4.69, 9.17) is 10.5 Å². The number of benzene rings is 2. The SMILES string of the molecule is CCOc1ccc(NC(=O)Cc2cccc(N)c2)cc1. The molecule has 0 aliphatic heterocycles. The van der Waals surface area contributed by atoms with Crippen LogP contribution in [0.15, 0.2) is 48.5 Å². The average molecular weight is 270 g/mol. The summed E-state index contributed by atoms with van der Waals surface area (Å²) in [5.74, 6) is 0.723. The maximum Gasteiger partial charge on any atom is 0.228 e. The van der Waals surface area contributed by atoms with E-state index >= 15 is 0 Å². The molecule has 104 valence electrons. The third kappa shape index (κ3) is 4.02. The van der Waals surface area contributed by atoms with Crippen LogP contribution in [0.4, 0.5) is 11.4 Å². The topological polar surface area (TPSA) is 64.3 Å². The van der Waals surface area contributed by atoms with E-state index in [1.807, 2.05) is 43.3 Å². The van der Waals surface area contributed by atoms with Gasteiger partial charge in [0.1, 0.15) is 5.75 Å². The Hall–Kier alpha value is -2.49. The van der Waals surface area contributed by atoms with Crippen LogP contribution in [0.1, 0.15) is 12.5 Å². The minimum Gasteiger partial charge on any atom is -0.494 e. The van der Waals surface area contributed by atoms with Gasteiger partial charge in [0.05, 0.1) is 13.0 Å². The van der Waals surface area contributed by atoms with Crippen molar-refractivity contribution in [2.24, 2.45) is 0 Å². The fourth-order valence-corrected chi connectivity index (χ4v) is 1.89. The van der Waals surface area contributed by atoms with Gasteiger partial charge in [0.25, 0.3) is 0 Å². The summed E-state index contributed by atoms with van der Waals surface area (Å²) in [6.07, 6.45) is 0.304. The van der Waals surface area contributed by atoms with Crippen LogP contribution in [0.25, 0.3) is 0 Å². The lowest BCUT2D eigenvalue weighted by atomic mass is 10.1. The fourth-order valence-electron chi connectivity index (χ4n) is 1.89. The lowest BCUT2D eigenvalue weighted by molar-refractivity contribution is -0.115. The molecular formula is C16H18N2O2. The molecule has 0 aliphatic carbocycles. The largest absolute Gasteiger partial charge is 0.494 e. The van der Waals surface area contributed by atoms with Crippen molar-refractivity contribution in [1.29, 1.82) is 0 Å². The second kappa shape index (κ2) is 6.61. The van der Waals surface area contributed by atoms with Crippen LogP contribution in [0.2, 0.25) is 0 Å². The van der Waals surface area contributed by atoms with Crippen LogP contribution >= 0.6 is 0 Å². The zero-order valence-corrected chi connectivity index (χ0v) is 11.4. The molecule has 0 aromatic heterocycles. The van der Waals surface area contributed by atoms with E-state index in [1.165, 1.54) is 0 Å². The standard InChI is InChI=1S/C16H18N2O2/c1-2-20-15-8-6-14(7-9-15)18-16(19)11-12-4-3-5-13(17)10-12/h3-10H,2,11,17H2,1H3,(H,18,19). The molecule has 3 N–H and O–H groups in total. The van der Waals surface area contributed by atoms with E-state index < -0.39 is 0 Å². The Labute approximate surface area is 118 Å². The minimum atomic E-state index is -0.0697. The molecule has 0 unspecified atom stereocenters. The van der Waals surface area contributed by atoms with Gasteiger partial charge in [-0.25, -0.2) is 0 Å². The maximum absolute atomic E-state index is 11.9. The van der Waals surface area contributed by atoms with E-state index in [0.29, 0.717) is 18.7 Å². The van der Waals surface area contributed by atoms with Crippen molar-refractivity contribution in [3.8, 4) is 5.75 Å². The van der Waals surface area contributed by atoms with E-state index in [1.54, 1.807) is 12.1 Å². The predicted octanol–water partition coefficient (Wildman–Crippen LogP) is 2.85. The van der Waals surface area contributed by atoms with Gasteiger partial charge in [0, 0.05) is 11.4 Å². The number of nitrogens with one attached hydrogen (secondary N) is 1. The van der Waals surface area contributed by atoms with Crippen molar-refractivity contribution in [3.63, 3.8) is 0 Å². The Bertz CT molecular complexity index is 579. The van der Waals surface area contributed by atoms with Crippen molar-refractivity contribution >= 4 is 17.3 Å². The van der Waals surface area contributed by atoms with Gasteiger partial charge in [0.15, 0.2) is 0 Å². The van der Waals surface area contributed by atoms with Crippen molar-refractivity contribution in [2.45, 2.75) is 13.3 Å². The van der Waals surface area contributed by atoms with Gasteiger partial charge in [-0.2, -0.15) is 0 Å². The monoisotopic (exact) mass is 270 g/mol. The molecule has 2 aromatic rings. The molecule has 20 heavy (non-hydrogen) atoms. The van der Waals surface area contributed by atoms with Crippen LogP contribution in [0.3, 0.4) is 0 Å². The summed E-state index contributed by atoms with van der Waals surface area (Å²) < 4.78 is 5.35. The van der Waals surface area contributed by atoms with Gasteiger partial charge in [0.2, 0.25) is 5.91 Å². The molecule has 1 amide bonds. The number of hydrogen-bond donors (Lipinski definition) is 2. The van der Waals surface area contributed by atoms with Crippen LogP contribution in [-0.2, 0) is 11.2 Å². The van der Waals surface area contributed by atoms with E-state index in [9.17, 15) is 4.79 Å². The Balaban J connectivity index is 1.94. The Kier molecular flexibility index (Phi) is 4.60. The summed E-state index contributed by atoms with van der Waals surface area (Å²) in [4.78, 5) is 11.9. The van der Waals surface area contributed by atoms with E-state index in [2.05, 4.69) is 5.32 Å². The number of anilines is 2. The van der Waals surface area contributed by atoms with Gasteiger partial charge in [-0.1, -0.05) is 12.1 Å². The van der Waals surface area contributed by atoms with E-state index in [0.717, 1.165) is 17.0 Å². The Morgan fingerprint density at radius 1 is 1.20 bits per heavy atom. The third-order valence-electron chi connectivity index (χ3n) is 2.76. The summed E-state index contributed by atoms with van der Waals surface area (Å²) in [6.45, 7) is 2.56. The molecule has 0 spiro atoms. The summed E-state index contributed by atoms with van der Waals surface area (Å²) >= 11 is 0. The molecule has 2 aromatic carbocycles. The average Bonchev–Trinajstić information content (AvgIpc) is 2.41. The Morgan fingerprint density at radius 2 is 1.95 bits per heavy atom. The highest BCUT2D eigenvalue weighted by Gasteiger charge is 2.04. The number of carbonyl (C=O) groups is 1. The number of rotatable bonds is 5. The summed E-state index contributed by atoms with van der Waals surface area (Å²) in [5.41, 5.74) is 8.00. The number of carbonyl (C=O) groups excluding carboxylic acids is 1. The summed E-state index contributed by atoms with van der Waals surface area (Å²) in [7, 11) is 0. The van der Waals surface area contributed by atoms with Gasteiger partial charge >= 0.3 is 0 Å². The molecular weight excluding hydrogens is 252 g/mol. The molecule has 4 nitrogen and oxygen atoms in total. The molecule has 0 saturated heterocycles. The highest BCUT2D eigenvalue weighted by molar-refractivity contribution is 5.92. The second-order valence-corrected chi connectivity index (χ2v) is 4.43. The van der Waals surface area contributed by atoms with Crippen molar-refractivity contribution in [1.82, 2.24) is 0 Å². The molecule has 0 aliphatic rings. The van der Waals surface area contributed by atoms with Crippen LogP contribution < -0.4 is 15.8 Å². The molecule has 0 saturated carbocycles. The maximum atomic E-state index is 11.9. The molecule has 2 rings (SSSR count). The zero-order valence-electron chi connectivity index (χ0n) is 11.4. The first-order chi connectivity index (χ1) is 9.67. The second-order valence-electron chi connectivity index (χ2n) is 4.43. The quantitative estimate of drug-likeness (QED) is 0.821. The molecule has 0 radical (unpaired) electrons. The number of hydrogen-bond acceptors (Lipinski definition) is 3. The van der Waals surface area contributed by atoms with Crippen LogP contribution in [-0.4, -0.2) is 12.5 Å². The molecule has 0 bridgehead atoms. The first kappa shape index (κ1) is 13.9. The normalized spacial score (nSPS) is 10.1. The fraction of sp³-hybridized carbons (Fsp3) is 0.188. The lowest BCUT2D eigenvalue weighted by Crippen LogP contribution is -2.14. The van der Waals surface area contributed by atoms with Crippen molar-refractivity contribution in [3.05, 3.63) is 54.1 Å². The van der Waals surface area contributed by atoms with Gasteiger partial charge in [-0.3, -0.25) is 4.79 Å². The van der Waals surface area contributed by atoms with Crippen LogP contribution in [0.5, 0.6) is 5.75 Å². The Morgan fingerprint density at radius 3 is 2.60 bits per heavy atom. The predicted molar refractivity (Wildman–Crippen MR) is 80.8 cm³/mol. The third-order valence-corrected chi connectivity index (χ3v) is 2.76. The van der Waals surface area contributed by atoms with Gasteiger partial charge in [-0.05, 0) is 48.9 Å². The number of amides is 1. The smallest absolute Gasteiger partial charge is 0.228 e. The van der Waals surface area contributed by atoms with Crippen LogP contribution in [0, 0.1) is 0 Å². The number of nitrogens with two attached hydrogens (primary N) is 1. The molecule has 0 heterocycles. The number of ether oxygens (including phenoxy) is 1. The highest BCUT2D eigenvalue weighted by Crippen LogP contribution is 2.16. The summed E-state index contributed by atoms with van der Waals surface area (Å²) in [6, 6.07) is 14.6. The molecule has 4 heteroatoms. The van der Waals surface area contributed by atoms with E-state index in [-0.39, 0.29) is 5.91 Å². The summed E-state index contributed by atoms with van der Waals surface area (Å²) in [5, 5.41) is 2.84. The van der Waals surface area contributed by atoms with Gasteiger partial charge in [-0.15, -0.1) is 0 Å². The zero-order chi connectivity index (χ0) is 14.4. The van der Waals surface area contributed by atoms with Crippen molar-refractivity contribution < 1.29 is 9.53 Å². The van der Waals surface area contributed by atoms with Crippen molar-refractivity contribution in [2.75, 3.05) is 17.7 Å². The highest BCUT2D eigenvalue weighted by atomic mass is 16.5. The molecule has 0 atom stereocenters. The molecule has 0 fully saturated rings. The first-order valence-corrected chi connectivity index (χ1v) is 6.54. The lowest BCUT2D eigenvalue weighted by Gasteiger charge is -2.07. The number of nitrogen functional groups attached to an aromatic ring is 1.